The first-order chi connectivity index (χ1) is 5.88. The molecular weight excluding hydrogens is 234 g/mol. The number of aromatic nitrogens is 1. The summed E-state index contributed by atoms with van der Waals surface area (Å²) in [4.78, 5) is 2.14. The Labute approximate surface area is 85.5 Å². The lowest BCUT2D eigenvalue weighted by Crippen LogP contribution is -2.15. The van der Waals surface area contributed by atoms with E-state index < -0.39 is 0 Å². The summed E-state index contributed by atoms with van der Waals surface area (Å²) in [6.07, 6.45) is 7.32. The third kappa shape index (κ3) is 1.72. The molecule has 0 bridgehead atoms. The minimum Gasteiger partial charge on any atom is -0.201 e. The third-order valence-electron chi connectivity index (χ3n) is 2.50. The van der Waals surface area contributed by atoms with E-state index in [9.17, 15) is 0 Å². The maximum atomic E-state index is 4.15. The van der Waals surface area contributed by atoms with Crippen LogP contribution in [0.25, 0.3) is 0 Å². The minimum absolute atomic E-state index is 0.687. The largest absolute Gasteiger partial charge is 0.201 e. The second-order valence-electron chi connectivity index (χ2n) is 3.32. The van der Waals surface area contributed by atoms with E-state index in [2.05, 4.69) is 26.4 Å². The molecule has 66 valence electrons. The lowest BCUT2D eigenvalue weighted by Gasteiger charge is -2.25. The van der Waals surface area contributed by atoms with Gasteiger partial charge in [0, 0.05) is 21.8 Å². The van der Waals surface area contributed by atoms with Gasteiger partial charge in [0.25, 0.3) is 0 Å². The van der Waals surface area contributed by atoms with Gasteiger partial charge in [-0.1, -0.05) is 28.8 Å². The van der Waals surface area contributed by atoms with E-state index in [0.717, 1.165) is 5.92 Å². The number of rotatable bonds is 1. The molecule has 1 aliphatic carbocycles. The van der Waals surface area contributed by atoms with Crippen LogP contribution in [0.15, 0.2) is 12.3 Å². The smallest absolute Gasteiger partial charge is 0.0409 e. The first-order valence-corrected chi connectivity index (χ1v) is 6.11. The molecule has 0 radical (unpaired) electrons. The minimum atomic E-state index is 0.687. The Morgan fingerprint density at radius 2 is 2.25 bits per heavy atom. The number of nitrogens with zero attached hydrogens (tertiary/aromatic N) is 1. The van der Waals surface area contributed by atoms with E-state index in [4.69, 9.17) is 0 Å². The molecule has 0 N–H and O–H groups in total. The molecule has 12 heavy (non-hydrogen) atoms. The molecule has 0 aliphatic heterocycles. The zero-order valence-corrected chi connectivity index (χ0v) is 9.27. The fourth-order valence-electron chi connectivity index (χ4n) is 1.82. The number of hydrogen-bond donors (Lipinski definition) is 0. The lowest BCUT2D eigenvalue weighted by molar-refractivity contribution is 0.466. The average molecular weight is 246 g/mol. The SMILES string of the molecule is BrC1CCCCC1c1ccns1. The average Bonchev–Trinajstić information content (AvgIpc) is 2.57. The highest BCUT2D eigenvalue weighted by Gasteiger charge is 2.24. The highest BCUT2D eigenvalue weighted by Crippen LogP contribution is 2.38. The Kier molecular flexibility index (Phi) is 2.81. The van der Waals surface area contributed by atoms with Crippen molar-refractivity contribution in [2.75, 3.05) is 0 Å². The van der Waals surface area contributed by atoms with Crippen molar-refractivity contribution in [2.24, 2.45) is 0 Å². The summed E-state index contributed by atoms with van der Waals surface area (Å²) < 4.78 is 4.15. The number of alkyl halides is 1. The van der Waals surface area contributed by atoms with Crippen molar-refractivity contribution < 1.29 is 0 Å². The van der Waals surface area contributed by atoms with Crippen LogP contribution in [-0.2, 0) is 0 Å². The molecule has 1 saturated carbocycles. The van der Waals surface area contributed by atoms with Crippen molar-refractivity contribution in [3.8, 4) is 0 Å². The summed E-state index contributed by atoms with van der Waals surface area (Å²) in [7, 11) is 0. The van der Waals surface area contributed by atoms with Crippen LogP contribution in [0.5, 0.6) is 0 Å². The van der Waals surface area contributed by atoms with E-state index in [1.54, 1.807) is 11.5 Å². The molecule has 0 spiro atoms. The summed E-state index contributed by atoms with van der Waals surface area (Å²) in [5, 5.41) is 0. The van der Waals surface area contributed by atoms with E-state index >= 15 is 0 Å². The summed E-state index contributed by atoms with van der Waals surface area (Å²) in [5.74, 6) is 0.728. The summed E-state index contributed by atoms with van der Waals surface area (Å²) in [5.41, 5.74) is 0. The fourth-order valence-corrected chi connectivity index (χ4v) is 3.65. The summed E-state index contributed by atoms with van der Waals surface area (Å²) in [6, 6.07) is 2.16. The van der Waals surface area contributed by atoms with Crippen molar-refractivity contribution in [1.82, 2.24) is 4.37 Å². The summed E-state index contributed by atoms with van der Waals surface area (Å²) >= 11 is 5.41. The highest BCUT2D eigenvalue weighted by atomic mass is 79.9. The van der Waals surface area contributed by atoms with E-state index in [1.807, 2.05) is 6.20 Å². The van der Waals surface area contributed by atoms with E-state index in [-0.39, 0.29) is 0 Å². The van der Waals surface area contributed by atoms with Crippen LogP contribution < -0.4 is 0 Å². The Bertz CT molecular complexity index is 235. The van der Waals surface area contributed by atoms with Gasteiger partial charge in [-0.25, -0.2) is 4.37 Å². The lowest BCUT2D eigenvalue weighted by atomic mass is 9.88. The number of hydrogen-bond acceptors (Lipinski definition) is 2. The number of halogens is 1. The Balaban J connectivity index is 2.11. The van der Waals surface area contributed by atoms with Crippen molar-refractivity contribution in [1.29, 1.82) is 0 Å². The van der Waals surface area contributed by atoms with Crippen molar-refractivity contribution >= 4 is 27.5 Å². The standard InChI is InChI=1S/C9H12BrNS/c10-8-4-2-1-3-7(8)9-5-6-11-12-9/h5-8H,1-4H2. The van der Waals surface area contributed by atoms with Crippen LogP contribution in [0.4, 0.5) is 0 Å². The molecule has 0 aromatic carbocycles. The summed E-state index contributed by atoms with van der Waals surface area (Å²) in [6.45, 7) is 0. The van der Waals surface area contributed by atoms with Gasteiger partial charge >= 0.3 is 0 Å². The van der Waals surface area contributed by atoms with Crippen molar-refractivity contribution in [3.63, 3.8) is 0 Å². The van der Waals surface area contributed by atoms with Crippen LogP contribution in [0.3, 0.4) is 0 Å². The molecule has 1 heterocycles. The third-order valence-corrected chi connectivity index (χ3v) is 4.48. The van der Waals surface area contributed by atoms with Crippen LogP contribution >= 0.6 is 27.5 Å². The molecule has 1 aliphatic rings. The molecule has 2 rings (SSSR count). The molecule has 2 unspecified atom stereocenters. The monoisotopic (exact) mass is 245 g/mol. The van der Waals surface area contributed by atoms with Gasteiger partial charge in [0.05, 0.1) is 0 Å². The van der Waals surface area contributed by atoms with E-state index in [1.165, 1.54) is 30.6 Å². The van der Waals surface area contributed by atoms with Gasteiger partial charge in [-0.15, -0.1) is 0 Å². The molecular formula is C9H12BrNS. The predicted molar refractivity (Wildman–Crippen MR) is 56.0 cm³/mol. The molecule has 1 aromatic rings. The van der Waals surface area contributed by atoms with Crippen LogP contribution in [-0.4, -0.2) is 9.20 Å². The predicted octanol–water partition coefficient (Wildman–Crippen LogP) is 3.56. The molecule has 3 heteroatoms. The Hall–Kier alpha value is 0.110. The Morgan fingerprint density at radius 3 is 2.92 bits per heavy atom. The quantitative estimate of drug-likeness (QED) is 0.690. The van der Waals surface area contributed by atoms with Crippen LogP contribution in [0.2, 0.25) is 0 Å². The molecule has 2 atom stereocenters. The van der Waals surface area contributed by atoms with Gasteiger partial charge in [-0.3, -0.25) is 0 Å². The zero-order chi connectivity index (χ0) is 8.39. The second kappa shape index (κ2) is 3.88. The maximum Gasteiger partial charge on any atom is 0.0409 e. The first kappa shape index (κ1) is 8.70. The maximum absolute atomic E-state index is 4.15. The first-order valence-electron chi connectivity index (χ1n) is 4.42. The van der Waals surface area contributed by atoms with Crippen LogP contribution in [0, 0.1) is 0 Å². The van der Waals surface area contributed by atoms with E-state index in [0.29, 0.717) is 4.83 Å². The van der Waals surface area contributed by atoms with Crippen molar-refractivity contribution in [3.05, 3.63) is 17.1 Å². The highest BCUT2D eigenvalue weighted by molar-refractivity contribution is 9.09. The van der Waals surface area contributed by atoms with Crippen LogP contribution in [0.1, 0.15) is 36.5 Å². The zero-order valence-electron chi connectivity index (χ0n) is 6.87. The normalized spacial score (nSPS) is 30.4. The topological polar surface area (TPSA) is 12.9 Å². The van der Waals surface area contributed by atoms with Gasteiger partial charge < -0.3 is 0 Å². The molecule has 1 aromatic heterocycles. The van der Waals surface area contributed by atoms with Gasteiger partial charge in [0.1, 0.15) is 0 Å². The van der Waals surface area contributed by atoms with Gasteiger partial charge in [-0.05, 0) is 30.4 Å². The molecule has 0 amide bonds. The van der Waals surface area contributed by atoms with Gasteiger partial charge in [0.2, 0.25) is 0 Å². The second-order valence-corrected chi connectivity index (χ2v) is 5.36. The van der Waals surface area contributed by atoms with Crippen molar-refractivity contribution in [2.45, 2.75) is 36.4 Å². The molecule has 0 saturated heterocycles. The fraction of sp³-hybridized carbons (Fsp3) is 0.667. The Morgan fingerprint density at radius 1 is 1.42 bits per heavy atom. The van der Waals surface area contributed by atoms with Gasteiger partial charge in [0.15, 0.2) is 0 Å². The molecule has 1 nitrogen and oxygen atoms in total. The molecule has 1 fully saturated rings. The van der Waals surface area contributed by atoms with Gasteiger partial charge in [-0.2, -0.15) is 0 Å².